The predicted octanol–water partition coefficient (Wildman–Crippen LogP) is 2.81. The first kappa shape index (κ1) is 16.5. The highest BCUT2D eigenvalue weighted by Gasteiger charge is 2.31. The van der Waals surface area contributed by atoms with Gasteiger partial charge in [-0.1, -0.05) is 19.1 Å². The number of urea groups is 1. The van der Waals surface area contributed by atoms with Gasteiger partial charge in [-0.2, -0.15) is 5.10 Å². The van der Waals surface area contributed by atoms with Crippen LogP contribution in [0, 0.1) is 12.8 Å². The van der Waals surface area contributed by atoms with E-state index in [9.17, 15) is 9.90 Å². The molecule has 2 aromatic rings. The fourth-order valence-corrected chi connectivity index (χ4v) is 3.30. The van der Waals surface area contributed by atoms with E-state index in [2.05, 4.69) is 17.3 Å². The van der Waals surface area contributed by atoms with Crippen LogP contribution in [-0.4, -0.2) is 45.0 Å². The molecule has 0 spiro atoms. The Bertz CT molecular complexity index is 713. The third-order valence-electron chi connectivity index (χ3n) is 4.68. The predicted molar refractivity (Wildman–Crippen MR) is 93.3 cm³/mol. The van der Waals surface area contributed by atoms with Crippen LogP contribution in [0.5, 0.6) is 0 Å². The number of anilines is 1. The third kappa shape index (κ3) is 3.28. The number of aromatic nitrogens is 2. The zero-order valence-electron chi connectivity index (χ0n) is 14.1. The molecule has 1 fully saturated rings. The van der Waals surface area contributed by atoms with Crippen molar-refractivity contribution in [3.63, 3.8) is 0 Å². The first-order chi connectivity index (χ1) is 11.6. The minimum Gasteiger partial charge on any atom is -0.394 e. The molecule has 1 saturated heterocycles. The van der Waals surface area contributed by atoms with Crippen LogP contribution in [0.1, 0.15) is 25.5 Å². The van der Waals surface area contributed by atoms with Crippen molar-refractivity contribution >= 4 is 11.7 Å². The lowest BCUT2D eigenvalue weighted by Crippen LogP contribution is -2.51. The average molecular weight is 328 g/mol. The summed E-state index contributed by atoms with van der Waals surface area (Å²) in [5.74, 6) is 0.304. The second-order valence-electron chi connectivity index (χ2n) is 6.41. The van der Waals surface area contributed by atoms with Crippen molar-refractivity contribution in [2.45, 2.75) is 32.7 Å². The fraction of sp³-hybridized carbons (Fsp3) is 0.444. The Morgan fingerprint density at radius 3 is 2.88 bits per heavy atom. The van der Waals surface area contributed by atoms with Crippen molar-refractivity contribution in [1.29, 1.82) is 0 Å². The van der Waals surface area contributed by atoms with Crippen molar-refractivity contribution in [2.75, 3.05) is 18.5 Å². The Balaban J connectivity index is 1.82. The topological polar surface area (TPSA) is 70.4 Å². The van der Waals surface area contributed by atoms with Crippen molar-refractivity contribution in [1.82, 2.24) is 14.7 Å². The van der Waals surface area contributed by atoms with E-state index < -0.39 is 0 Å². The van der Waals surface area contributed by atoms with Gasteiger partial charge in [0, 0.05) is 12.7 Å². The molecule has 6 heteroatoms. The minimum atomic E-state index is -0.170. The van der Waals surface area contributed by atoms with Gasteiger partial charge in [0.25, 0.3) is 0 Å². The molecule has 1 aliphatic rings. The Morgan fingerprint density at radius 1 is 1.38 bits per heavy atom. The number of hydrogen-bond acceptors (Lipinski definition) is 3. The summed E-state index contributed by atoms with van der Waals surface area (Å²) in [5, 5.41) is 17.1. The van der Waals surface area contributed by atoms with Gasteiger partial charge in [-0.15, -0.1) is 0 Å². The van der Waals surface area contributed by atoms with Crippen LogP contribution in [0.15, 0.2) is 36.5 Å². The monoisotopic (exact) mass is 328 g/mol. The molecule has 2 heterocycles. The molecule has 0 aliphatic carbocycles. The van der Waals surface area contributed by atoms with E-state index in [4.69, 9.17) is 0 Å². The van der Waals surface area contributed by atoms with Gasteiger partial charge in [0.2, 0.25) is 0 Å². The van der Waals surface area contributed by atoms with Gasteiger partial charge in [-0.3, -0.25) is 0 Å². The maximum atomic E-state index is 12.7. The molecule has 2 N–H and O–H groups in total. The summed E-state index contributed by atoms with van der Waals surface area (Å²) in [7, 11) is 0. The van der Waals surface area contributed by atoms with Gasteiger partial charge in [-0.05, 0) is 43.9 Å². The van der Waals surface area contributed by atoms with E-state index in [1.165, 1.54) is 0 Å². The smallest absolute Gasteiger partial charge is 0.322 e. The van der Waals surface area contributed by atoms with Crippen LogP contribution >= 0.6 is 0 Å². The molecule has 1 aliphatic heterocycles. The maximum Gasteiger partial charge on any atom is 0.322 e. The lowest BCUT2D eigenvalue weighted by molar-refractivity contribution is 0.0811. The van der Waals surface area contributed by atoms with Crippen LogP contribution in [-0.2, 0) is 0 Å². The average Bonchev–Trinajstić information content (AvgIpc) is 3.01. The molecule has 3 rings (SSSR count). The van der Waals surface area contributed by atoms with Gasteiger partial charge >= 0.3 is 6.03 Å². The van der Waals surface area contributed by atoms with E-state index in [1.54, 1.807) is 9.58 Å². The largest absolute Gasteiger partial charge is 0.394 e. The van der Waals surface area contributed by atoms with E-state index in [-0.39, 0.29) is 18.7 Å². The number of amides is 2. The molecule has 0 bridgehead atoms. The second-order valence-corrected chi connectivity index (χ2v) is 6.41. The number of benzene rings is 1. The number of aliphatic hydroxyl groups excluding tert-OH is 1. The Labute approximate surface area is 142 Å². The summed E-state index contributed by atoms with van der Waals surface area (Å²) in [6, 6.07) is 9.22. The lowest BCUT2D eigenvalue weighted by Gasteiger charge is -2.39. The zero-order chi connectivity index (χ0) is 17.1. The molecular formula is C18H24N4O2. The number of nitrogens with zero attached hydrogens (tertiary/aromatic N) is 3. The summed E-state index contributed by atoms with van der Waals surface area (Å²) < 4.78 is 1.76. The molecule has 6 nitrogen and oxygen atoms in total. The molecule has 0 radical (unpaired) electrons. The SMILES string of the molecule is Cc1ccn(-c2ccccc2NC(=O)N2CCCC(C)C2CO)n1. The third-order valence-corrected chi connectivity index (χ3v) is 4.68. The number of aliphatic hydroxyl groups is 1. The van der Waals surface area contributed by atoms with E-state index >= 15 is 0 Å². The van der Waals surface area contributed by atoms with Crippen LogP contribution in [0.3, 0.4) is 0 Å². The van der Waals surface area contributed by atoms with Gasteiger partial charge in [-0.25, -0.2) is 9.48 Å². The number of rotatable bonds is 3. The maximum absolute atomic E-state index is 12.7. The Kier molecular flexibility index (Phi) is 4.85. The van der Waals surface area contributed by atoms with Crippen LogP contribution in [0.2, 0.25) is 0 Å². The van der Waals surface area contributed by atoms with E-state index in [0.717, 1.165) is 24.2 Å². The number of nitrogens with one attached hydrogen (secondary N) is 1. The van der Waals surface area contributed by atoms with E-state index in [1.807, 2.05) is 43.5 Å². The standard InChI is InChI=1S/C18H24N4O2/c1-13-6-5-10-21(17(13)12-23)18(24)19-15-7-3-4-8-16(15)22-11-9-14(2)20-22/h3-4,7-9,11,13,17,23H,5-6,10,12H2,1-2H3,(H,19,24). The molecular weight excluding hydrogens is 304 g/mol. The highest BCUT2D eigenvalue weighted by molar-refractivity contribution is 5.91. The lowest BCUT2D eigenvalue weighted by atomic mass is 9.91. The number of para-hydroxylation sites is 2. The number of hydrogen-bond donors (Lipinski definition) is 2. The van der Waals surface area contributed by atoms with Gasteiger partial charge in [0.05, 0.1) is 29.7 Å². The quantitative estimate of drug-likeness (QED) is 0.910. The molecule has 0 saturated carbocycles. The number of piperidine rings is 1. The molecule has 1 aromatic heterocycles. The number of aryl methyl sites for hydroxylation is 1. The summed E-state index contributed by atoms with van der Waals surface area (Å²) in [6.07, 6.45) is 3.88. The number of carbonyl (C=O) groups is 1. The molecule has 2 atom stereocenters. The summed E-state index contributed by atoms with van der Waals surface area (Å²) >= 11 is 0. The minimum absolute atomic E-state index is 0.00537. The number of likely N-dealkylation sites (tertiary alicyclic amines) is 1. The second kappa shape index (κ2) is 7.05. The highest BCUT2D eigenvalue weighted by Crippen LogP contribution is 2.25. The van der Waals surface area contributed by atoms with Crippen molar-refractivity contribution in [3.8, 4) is 5.69 Å². The highest BCUT2D eigenvalue weighted by atomic mass is 16.3. The number of carbonyl (C=O) groups excluding carboxylic acids is 1. The zero-order valence-corrected chi connectivity index (χ0v) is 14.1. The molecule has 2 amide bonds. The van der Waals surface area contributed by atoms with E-state index in [0.29, 0.717) is 18.2 Å². The van der Waals surface area contributed by atoms with Crippen LogP contribution in [0.4, 0.5) is 10.5 Å². The molecule has 2 unspecified atom stereocenters. The molecule has 128 valence electrons. The summed E-state index contributed by atoms with van der Waals surface area (Å²) in [4.78, 5) is 14.5. The normalized spacial score (nSPS) is 20.9. The van der Waals surface area contributed by atoms with Crippen molar-refractivity contribution < 1.29 is 9.90 Å². The Hall–Kier alpha value is -2.34. The van der Waals surface area contributed by atoms with Crippen molar-refractivity contribution in [3.05, 3.63) is 42.2 Å². The Morgan fingerprint density at radius 2 is 2.17 bits per heavy atom. The van der Waals surface area contributed by atoms with Crippen LogP contribution < -0.4 is 5.32 Å². The van der Waals surface area contributed by atoms with Crippen LogP contribution in [0.25, 0.3) is 5.69 Å². The first-order valence-electron chi connectivity index (χ1n) is 8.40. The van der Waals surface area contributed by atoms with Crippen molar-refractivity contribution in [2.24, 2.45) is 5.92 Å². The van der Waals surface area contributed by atoms with Gasteiger partial charge in [0.1, 0.15) is 0 Å². The van der Waals surface area contributed by atoms with Gasteiger partial charge in [0.15, 0.2) is 0 Å². The first-order valence-corrected chi connectivity index (χ1v) is 8.40. The van der Waals surface area contributed by atoms with Gasteiger partial charge < -0.3 is 15.3 Å². The fourth-order valence-electron chi connectivity index (χ4n) is 3.30. The summed E-state index contributed by atoms with van der Waals surface area (Å²) in [6.45, 7) is 4.68. The molecule has 1 aromatic carbocycles. The summed E-state index contributed by atoms with van der Waals surface area (Å²) in [5.41, 5.74) is 2.45. The molecule has 24 heavy (non-hydrogen) atoms.